The summed E-state index contributed by atoms with van der Waals surface area (Å²) in [4.78, 5) is 11.8. The molecular weight excluding hydrogens is 304 g/mol. The Balaban J connectivity index is 1.90. The molecule has 2 N–H and O–H groups in total. The van der Waals surface area contributed by atoms with Gasteiger partial charge < -0.3 is 10.6 Å². The van der Waals surface area contributed by atoms with E-state index in [1.807, 2.05) is 18.2 Å². The summed E-state index contributed by atoms with van der Waals surface area (Å²) < 4.78 is 0.940. The van der Waals surface area contributed by atoms with E-state index in [4.69, 9.17) is 11.6 Å². The highest BCUT2D eigenvalue weighted by Gasteiger charge is 2.21. The molecule has 0 bridgehead atoms. The zero-order chi connectivity index (χ0) is 12.3. The van der Waals surface area contributed by atoms with Gasteiger partial charge in [0.25, 0.3) is 0 Å². The van der Waals surface area contributed by atoms with Gasteiger partial charge in [-0.25, -0.2) is 0 Å². The minimum atomic E-state index is -0.0378. The Kier molecular flexibility index (Phi) is 4.42. The number of hydrogen-bond donors (Lipinski definition) is 2. The Morgan fingerprint density at radius 2 is 2.41 bits per heavy atom. The quantitative estimate of drug-likeness (QED) is 0.899. The molecule has 0 aromatic heterocycles. The van der Waals surface area contributed by atoms with E-state index in [-0.39, 0.29) is 11.9 Å². The van der Waals surface area contributed by atoms with Crippen molar-refractivity contribution in [2.45, 2.75) is 25.4 Å². The number of amides is 1. The van der Waals surface area contributed by atoms with Crippen LogP contribution in [0, 0.1) is 0 Å². The number of hydrogen-bond acceptors (Lipinski definition) is 2. The summed E-state index contributed by atoms with van der Waals surface area (Å²) in [6, 6.07) is 5.62. The zero-order valence-electron chi connectivity index (χ0n) is 9.30. The third-order valence-electron chi connectivity index (χ3n) is 2.84. The Morgan fingerprint density at radius 1 is 1.59 bits per heavy atom. The first-order valence-corrected chi connectivity index (χ1v) is 6.79. The molecule has 0 radical (unpaired) electrons. The molecule has 1 aromatic rings. The molecule has 1 atom stereocenters. The lowest BCUT2D eigenvalue weighted by molar-refractivity contribution is -0.122. The van der Waals surface area contributed by atoms with Crippen molar-refractivity contribution >= 4 is 33.4 Å². The molecule has 1 heterocycles. The predicted octanol–water partition coefficient (Wildman–Crippen LogP) is 2.47. The number of halogens is 2. The highest BCUT2D eigenvalue weighted by molar-refractivity contribution is 9.10. The lowest BCUT2D eigenvalue weighted by Crippen LogP contribution is -2.40. The lowest BCUT2D eigenvalue weighted by atomic mass is 10.2. The number of carbonyl (C=O) groups excluding carboxylic acids is 1. The smallest absolute Gasteiger partial charge is 0.237 e. The number of carbonyl (C=O) groups is 1. The van der Waals surface area contributed by atoms with Gasteiger partial charge in [0.15, 0.2) is 0 Å². The summed E-state index contributed by atoms with van der Waals surface area (Å²) in [6.45, 7) is 1.40. The molecule has 1 fully saturated rings. The van der Waals surface area contributed by atoms with E-state index < -0.39 is 0 Å². The van der Waals surface area contributed by atoms with Crippen LogP contribution in [-0.4, -0.2) is 18.5 Å². The topological polar surface area (TPSA) is 41.1 Å². The van der Waals surface area contributed by atoms with Crippen molar-refractivity contribution in [1.82, 2.24) is 10.6 Å². The van der Waals surface area contributed by atoms with Crippen LogP contribution in [0.2, 0.25) is 5.02 Å². The van der Waals surface area contributed by atoms with E-state index in [1.165, 1.54) is 0 Å². The van der Waals surface area contributed by atoms with Crippen molar-refractivity contribution in [1.29, 1.82) is 0 Å². The first kappa shape index (κ1) is 12.9. The zero-order valence-corrected chi connectivity index (χ0v) is 11.6. The van der Waals surface area contributed by atoms with Gasteiger partial charge in [-0.15, -0.1) is 0 Å². The molecule has 92 valence electrons. The second-order valence-electron chi connectivity index (χ2n) is 4.10. The van der Waals surface area contributed by atoms with Gasteiger partial charge in [0.05, 0.1) is 6.04 Å². The summed E-state index contributed by atoms with van der Waals surface area (Å²) in [5.74, 6) is 0.0569. The van der Waals surface area contributed by atoms with Gasteiger partial charge in [0.2, 0.25) is 5.91 Å². The molecule has 0 saturated carbocycles. The Bertz CT molecular complexity index is 419. The third-order valence-corrected chi connectivity index (χ3v) is 3.69. The fourth-order valence-corrected chi connectivity index (χ4v) is 2.62. The molecule has 1 aromatic carbocycles. The third kappa shape index (κ3) is 3.44. The van der Waals surface area contributed by atoms with E-state index in [9.17, 15) is 4.79 Å². The second-order valence-corrected chi connectivity index (χ2v) is 5.43. The Morgan fingerprint density at radius 3 is 3.06 bits per heavy atom. The average molecular weight is 318 g/mol. The molecule has 1 aliphatic heterocycles. The molecule has 5 heteroatoms. The highest BCUT2D eigenvalue weighted by atomic mass is 79.9. The number of benzene rings is 1. The summed E-state index contributed by atoms with van der Waals surface area (Å²) in [6.07, 6.45) is 1.98. The molecule has 2 rings (SSSR count). The van der Waals surface area contributed by atoms with Crippen LogP contribution in [0.1, 0.15) is 18.4 Å². The van der Waals surface area contributed by atoms with Crippen LogP contribution in [0.25, 0.3) is 0 Å². The van der Waals surface area contributed by atoms with Crippen molar-refractivity contribution in [2.75, 3.05) is 6.54 Å². The minimum Gasteiger partial charge on any atom is -0.351 e. The molecule has 1 saturated heterocycles. The van der Waals surface area contributed by atoms with Crippen LogP contribution in [0.3, 0.4) is 0 Å². The Hall–Kier alpha value is -0.580. The predicted molar refractivity (Wildman–Crippen MR) is 72.0 cm³/mol. The maximum atomic E-state index is 11.8. The maximum absolute atomic E-state index is 11.8. The first-order valence-electron chi connectivity index (χ1n) is 5.62. The van der Waals surface area contributed by atoms with Crippen LogP contribution in [0.15, 0.2) is 22.7 Å². The molecule has 1 aliphatic rings. The summed E-state index contributed by atoms with van der Waals surface area (Å²) in [7, 11) is 0. The molecule has 17 heavy (non-hydrogen) atoms. The standard InChI is InChI=1S/C12H14BrClN2O/c13-9-4-3-8(10(14)6-9)7-16-12(17)11-2-1-5-15-11/h3-4,6,11,15H,1-2,5,7H2,(H,16,17). The van der Waals surface area contributed by atoms with Gasteiger partial charge >= 0.3 is 0 Å². The van der Waals surface area contributed by atoms with E-state index in [0.29, 0.717) is 11.6 Å². The van der Waals surface area contributed by atoms with Gasteiger partial charge in [0, 0.05) is 16.0 Å². The van der Waals surface area contributed by atoms with Gasteiger partial charge in [0.1, 0.15) is 0 Å². The fraction of sp³-hybridized carbons (Fsp3) is 0.417. The van der Waals surface area contributed by atoms with Crippen LogP contribution in [0.5, 0.6) is 0 Å². The average Bonchev–Trinajstić information content (AvgIpc) is 2.81. The van der Waals surface area contributed by atoms with Gasteiger partial charge in [-0.2, -0.15) is 0 Å². The second kappa shape index (κ2) is 5.85. The molecule has 0 spiro atoms. The monoisotopic (exact) mass is 316 g/mol. The lowest BCUT2D eigenvalue weighted by Gasteiger charge is -2.11. The van der Waals surface area contributed by atoms with Crippen LogP contribution >= 0.6 is 27.5 Å². The van der Waals surface area contributed by atoms with Crippen molar-refractivity contribution in [3.05, 3.63) is 33.3 Å². The molecule has 0 aliphatic carbocycles. The van der Waals surface area contributed by atoms with Gasteiger partial charge in [-0.1, -0.05) is 33.6 Å². The number of nitrogens with one attached hydrogen (secondary N) is 2. The molecule has 1 unspecified atom stereocenters. The maximum Gasteiger partial charge on any atom is 0.237 e. The SMILES string of the molecule is O=C(NCc1ccc(Br)cc1Cl)C1CCCN1. The largest absolute Gasteiger partial charge is 0.351 e. The summed E-state index contributed by atoms with van der Waals surface area (Å²) in [5.41, 5.74) is 0.932. The fourth-order valence-electron chi connectivity index (χ4n) is 1.88. The summed E-state index contributed by atoms with van der Waals surface area (Å²) >= 11 is 9.42. The van der Waals surface area contributed by atoms with Crippen molar-refractivity contribution in [3.63, 3.8) is 0 Å². The summed E-state index contributed by atoms with van der Waals surface area (Å²) in [5, 5.41) is 6.73. The van der Waals surface area contributed by atoms with Crippen molar-refractivity contribution in [3.8, 4) is 0 Å². The minimum absolute atomic E-state index is 0.0378. The number of rotatable bonds is 3. The van der Waals surface area contributed by atoms with Gasteiger partial charge in [-0.3, -0.25) is 4.79 Å². The van der Waals surface area contributed by atoms with Crippen molar-refractivity contribution in [2.24, 2.45) is 0 Å². The normalized spacial score (nSPS) is 19.3. The Labute approximate surface area is 114 Å². The highest BCUT2D eigenvalue weighted by Crippen LogP contribution is 2.21. The van der Waals surface area contributed by atoms with E-state index in [1.54, 1.807) is 0 Å². The van der Waals surface area contributed by atoms with E-state index >= 15 is 0 Å². The van der Waals surface area contributed by atoms with Crippen molar-refractivity contribution < 1.29 is 4.79 Å². The van der Waals surface area contributed by atoms with Crippen LogP contribution < -0.4 is 10.6 Å². The van der Waals surface area contributed by atoms with Crippen LogP contribution in [0.4, 0.5) is 0 Å². The van der Waals surface area contributed by atoms with Gasteiger partial charge in [-0.05, 0) is 37.1 Å². The first-order chi connectivity index (χ1) is 8.16. The molecule has 1 amide bonds. The molecular formula is C12H14BrClN2O. The van der Waals surface area contributed by atoms with E-state index in [2.05, 4.69) is 26.6 Å². The molecule has 3 nitrogen and oxygen atoms in total. The van der Waals surface area contributed by atoms with Crippen LogP contribution in [-0.2, 0) is 11.3 Å². The van der Waals surface area contributed by atoms with E-state index in [0.717, 1.165) is 29.4 Å².